The van der Waals surface area contributed by atoms with Gasteiger partial charge >= 0.3 is 5.97 Å². The van der Waals surface area contributed by atoms with Crippen LogP contribution in [0.25, 0.3) is 0 Å². The smallest absolute Gasteiger partial charge is 0.338 e. The highest BCUT2D eigenvalue weighted by molar-refractivity contribution is 6.22. The van der Waals surface area contributed by atoms with Crippen molar-refractivity contribution in [1.29, 1.82) is 0 Å². The lowest BCUT2D eigenvalue weighted by atomic mass is 9.73. The topological polar surface area (TPSA) is 92.8 Å². The summed E-state index contributed by atoms with van der Waals surface area (Å²) in [6.07, 6.45) is 1.86. The summed E-state index contributed by atoms with van der Waals surface area (Å²) in [5, 5.41) is 2.81. The van der Waals surface area contributed by atoms with Crippen LogP contribution in [0.2, 0.25) is 0 Å². The molecule has 1 N–H and O–H groups in total. The minimum atomic E-state index is -0.649. The predicted molar refractivity (Wildman–Crippen MR) is 145 cm³/mol. The van der Waals surface area contributed by atoms with Gasteiger partial charge in [-0.25, -0.2) is 4.79 Å². The van der Waals surface area contributed by atoms with Crippen LogP contribution >= 0.6 is 0 Å². The number of ether oxygens (including phenoxy) is 1. The second-order valence-electron chi connectivity index (χ2n) is 10.8. The molecule has 7 nitrogen and oxygen atoms in total. The highest BCUT2D eigenvalue weighted by Gasteiger charge is 2.64. The van der Waals surface area contributed by atoms with E-state index < -0.39 is 18.5 Å². The van der Waals surface area contributed by atoms with Crippen LogP contribution in [0.4, 0.5) is 5.69 Å². The van der Waals surface area contributed by atoms with Crippen LogP contribution in [0.3, 0.4) is 0 Å². The molecule has 2 saturated carbocycles. The van der Waals surface area contributed by atoms with E-state index in [0.29, 0.717) is 11.6 Å². The Kier molecular flexibility index (Phi) is 6.51. The van der Waals surface area contributed by atoms with Gasteiger partial charge in [0.2, 0.25) is 11.8 Å². The van der Waals surface area contributed by atoms with Gasteiger partial charge in [-0.15, -0.1) is 0 Å². The van der Waals surface area contributed by atoms with E-state index in [1.165, 1.54) is 22.6 Å². The zero-order valence-corrected chi connectivity index (χ0v) is 21.7. The van der Waals surface area contributed by atoms with Gasteiger partial charge < -0.3 is 10.1 Å². The zero-order chi connectivity index (χ0) is 27.1. The van der Waals surface area contributed by atoms with E-state index >= 15 is 0 Å². The summed E-state index contributed by atoms with van der Waals surface area (Å²) >= 11 is 0. The van der Waals surface area contributed by atoms with Crippen molar-refractivity contribution >= 4 is 29.4 Å². The largest absolute Gasteiger partial charge is 0.452 e. The van der Waals surface area contributed by atoms with Gasteiger partial charge in [-0.05, 0) is 72.9 Å². The SMILES string of the molecule is C[C@H](NC(=O)COC(=O)c1ccc(N2C(=O)[C@@H]3[C@@H]4C[C@@H]([C@H]3C2=O)[C@@H](c2ccccc2)C4)cc1)c1ccccc1. The molecule has 1 saturated heterocycles. The zero-order valence-electron chi connectivity index (χ0n) is 21.7. The van der Waals surface area contributed by atoms with Crippen LogP contribution < -0.4 is 10.2 Å². The summed E-state index contributed by atoms with van der Waals surface area (Å²) in [6.45, 7) is 1.45. The molecule has 2 bridgehead atoms. The summed E-state index contributed by atoms with van der Waals surface area (Å²) in [6, 6.07) is 25.8. The number of anilines is 1. The van der Waals surface area contributed by atoms with Gasteiger partial charge in [0.25, 0.3) is 5.91 Å². The van der Waals surface area contributed by atoms with Crippen LogP contribution in [0, 0.1) is 23.7 Å². The maximum atomic E-state index is 13.5. The molecule has 1 aliphatic heterocycles. The van der Waals surface area contributed by atoms with Gasteiger partial charge in [0.1, 0.15) is 0 Å². The second-order valence-corrected chi connectivity index (χ2v) is 10.8. The van der Waals surface area contributed by atoms with Crippen LogP contribution in [-0.4, -0.2) is 30.3 Å². The first-order valence-electron chi connectivity index (χ1n) is 13.5. The van der Waals surface area contributed by atoms with Crippen molar-refractivity contribution in [2.24, 2.45) is 23.7 Å². The Labute approximate surface area is 227 Å². The van der Waals surface area contributed by atoms with Gasteiger partial charge in [0.05, 0.1) is 29.1 Å². The Morgan fingerprint density at radius 2 is 1.51 bits per heavy atom. The number of amides is 3. The van der Waals surface area contributed by atoms with Crippen LogP contribution in [0.5, 0.6) is 0 Å². The quantitative estimate of drug-likeness (QED) is 0.360. The molecule has 198 valence electrons. The maximum absolute atomic E-state index is 13.5. The van der Waals surface area contributed by atoms with E-state index in [9.17, 15) is 19.2 Å². The number of hydrogen-bond acceptors (Lipinski definition) is 5. The van der Waals surface area contributed by atoms with Crippen LogP contribution in [-0.2, 0) is 19.1 Å². The molecule has 3 aliphatic rings. The minimum absolute atomic E-state index is 0.136. The highest BCUT2D eigenvalue weighted by Crippen LogP contribution is 2.61. The molecule has 1 heterocycles. The highest BCUT2D eigenvalue weighted by atomic mass is 16.5. The van der Waals surface area contributed by atoms with Crippen LogP contribution in [0.1, 0.15) is 53.2 Å². The number of imide groups is 1. The lowest BCUT2D eigenvalue weighted by Crippen LogP contribution is -2.33. The van der Waals surface area contributed by atoms with Crippen molar-refractivity contribution in [3.8, 4) is 0 Å². The minimum Gasteiger partial charge on any atom is -0.452 e. The third kappa shape index (κ3) is 4.52. The number of esters is 1. The predicted octanol–water partition coefficient (Wildman–Crippen LogP) is 4.65. The third-order valence-electron chi connectivity index (χ3n) is 8.62. The average Bonchev–Trinajstić information content (AvgIpc) is 3.64. The van der Waals surface area contributed by atoms with Crippen molar-refractivity contribution in [2.45, 2.75) is 31.7 Å². The van der Waals surface area contributed by atoms with E-state index in [1.54, 1.807) is 12.1 Å². The lowest BCUT2D eigenvalue weighted by molar-refractivity contribution is -0.125. The summed E-state index contributed by atoms with van der Waals surface area (Å²) in [4.78, 5) is 53.0. The van der Waals surface area contributed by atoms with Crippen molar-refractivity contribution < 1.29 is 23.9 Å². The first kappa shape index (κ1) is 25.0. The molecular formula is C32H30N2O5. The molecule has 3 aromatic carbocycles. The normalized spacial score (nSPS) is 25.9. The molecule has 0 aromatic heterocycles. The second kappa shape index (κ2) is 10.1. The molecular weight excluding hydrogens is 492 g/mol. The van der Waals surface area contributed by atoms with Crippen molar-refractivity contribution in [1.82, 2.24) is 5.32 Å². The molecule has 39 heavy (non-hydrogen) atoms. The monoisotopic (exact) mass is 522 g/mol. The third-order valence-corrected chi connectivity index (χ3v) is 8.62. The van der Waals surface area contributed by atoms with Gasteiger partial charge in [-0.3, -0.25) is 19.3 Å². The first-order valence-corrected chi connectivity index (χ1v) is 13.5. The Morgan fingerprint density at radius 3 is 2.21 bits per heavy atom. The molecule has 6 rings (SSSR count). The number of benzene rings is 3. The van der Waals surface area contributed by atoms with E-state index in [-0.39, 0.29) is 47.1 Å². The van der Waals surface area contributed by atoms with E-state index in [0.717, 1.165) is 18.4 Å². The average molecular weight is 523 g/mol. The van der Waals surface area contributed by atoms with Gasteiger partial charge in [0, 0.05) is 0 Å². The summed E-state index contributed by atoms with van der Waals surface area (Å²) in [5.74, 6) is -1.18. The number of carbonyl (C=O) groups excluding carboxylic acids is 4. The molecule has 3 aromatic rings. The van der Waals surface area contributed by atoms with Gasteiger partial charge in [-0.1, -0.05) is 60.7 Å². The molecule has 2 aliphatic carbocycles. The fourth-order valence-electron chi connectivity index (χ4n) is 6.87. The van der Waals surface area contributed by atoms with E-state index in [1.807, 2.05) is 55.5 Å². The van der Waals surface area contributed by atoms with E-state index in [4.69, 9.17) is 4.74 Å². The first-order chi connectivity index (χ1) is 18.9. The fraction of sp³-hybridized carbons (Fsp3) is 0.312. The Morgan fingerprint density at radius 1 is 0.872 bits per heavy atom. The molecule has 0 unspecified atom stereocenters. The van der Waals surface area contributed by atoms with Crippen molar-refractivity contribution in [3.63, 3.8) is 0 Å². The molecule has 3 fully saturated rings. The standard InChI is InChI=1S/C32H30N2O5/c1-19(20-8-4-2-5-9-20)33-27(35)18-39-32(38)22-12-14-24(15-13-22)34-30(36)28-23-16-25(21-10-6-3-7-11-21)26(17-23)29(28)31(34)37/h2-15,19,23,25-26,28-29H,16-18H2,1H3,(H,33,35)/t19-,23-,25+,26+,28+,29+/m0/s1. The van der Waals surface area contributed by atoms with Crippen molar-refractivity contribution in [2.75, 3.05) is 11.5 Å². The Hall–Kier alpha value is -4.26. The number of hydrogen-bond donors (Lipinski definition) is 1. The number of carbonyl (C=O) groups is 4. The summed E-state index contributed by atoms with van der Waals surface area (Å²) in [5.41, 5.74) is 2.90. The van der Waals surface area contributed by atoms with Crippen LogP contribution in [0.15, 0.2) is 84.9 Å². The molecule has 6 atom stereocenters. The summed E-state index contributed by atoms with van der Waals surface area (Å²) in [7, 11) is 0. The van der Waals surface area contributed by atoms with Gasteiger partial charge in [0.15, 0.2) is 6.61 Å². The Bertz CT molecular complexity index is 1410. The van der Waals surface area contributed by atoms with Crippen molar-refractivity contribution in [3.05, 3.63) is 102 Å². The number of nitrogens with zero attached hydrogens (tertiary/aromatic N) is 1. The number of nitrogens with one attached hydrogen (secondary N) is 1. The van der Waals surface area contributed by atoms with E-state index in [2.05, 4.69) is 17.4 Å². The summed E-state index contributed by atoms with van der Waals surface area (Å²) < 4.78 is 5.19. The molecule has 0 spiro atoms. The number of rotatable bonds is 7. The lowest BCUT2D eigenvalue weighted by Gasteiger charge is -2.28. The molecule has 0 radical (unpaired) electrons. The molecule has 3 amide bonds. The Balaban J connectivity index is 1.08. The molecule has 7 heteroatoms. The van der Waals surface area contributed by atoms with Gasteiger partial charge in [-0.2, -0.15) is 0 Å². The number of fused-ring (bicyclic) bond motifs is 5. The maximum Gasteiger partial charge on any atom is 0.338 e. The fourth-order valence-corrected chi connectivity index (χ4v) is 6.87.